The number of carbonyl (C=O) groups excluding carboxylic acids is 4. The summed E-state index contributed by atoms with van der Waals surface area (Å²) in [5.41, 5.74) is -0.235. The molecule has 396 valence electrons. The van der Waals surface area contributed by atoms with E-state index >= 15 is 17.6 Å². The van der Waals surface area contributed by atoms with Crippen molar-refractivity contribution in [1.82, 2.24) is 30.4 Å². The standard InChI is InChI=1S/C47H53F4N7O10.4H2S/c1-24(2)37(55-42(61)63-5)40(59)57-22-44(65-11-12-66-44)18-35(57)33-17-28(20-52-33)26-7-9-29-30-10-8-27(16-32(30)47(50,51)46(48,49)31(29)15-26)34-21-53-39(54-34)36-19-45(67-13-14-68-45)23-58(36)41(60)38(25(3)4)56-43(62)64-6;;;;/h7-10,15-16,20-21,24-25,35-38H,11-14,17-19,22-23H2,1-6H3,(H,53,54)(H,55,61)(H,56,62);4*1H2/t35-,36-,37-,38-;;;;/m0..../s1. The zero-order chi connectivity index (χ0) is 48.5. The van der Waals surface area contributed by atoms with Crippen LogP contribution >= 0.6 is 54.0 Å². The largest absolute Gasteiger partial charge is 0.453 e. The highest BCUT2D eigenvalue weighted by atomic mass is 32.1. The number of aromatic amines is 1. The molecule has 3 N–H and O–H groups in total. The molecule has 9 rings (SSSR count). The fourth-order valence-corrected chi connectivity index (χ4v) is 10.1. The number of aromatic nitrogens is 2. The summed E-state index contributed by atoms with van der Waals surface area (Å²) >= 11 is 0. The van der Waals surface area contributed by atoms with E-state index in [1.165, 1.54) is 49.7 Å². The number of alkyl carbamates (subject to hydrolysis) is 2. The Morgan fingerprint density at radius 3 is 1.61 bits per heavy atom. The van der Waals surface area contributed by atoms with E-state index in [1.807, 2.05) is 0 Å². The number of ether oxygens (including phenoxy) is 6. The van der Waals surface area contributed by atoms with Gasteiger partial charge in [-0.25, -0.2) is 14.6 Å². The minimum Gasteiger partial charge on any atom is -0.453 e. The molecule has 0 bridgehead atoms. The van der Waals surface area contributed by atoms with Gasteiger partial charge in [0, 0.05) is 47.9 Å². The minimum atomic E-state index is -4.65. The van der Waals surface area contributed by atoms with Crippen LogP contribution in [0.5, 0.6) is 0 Å². The van der Waals surface area contributed by atoms with Crippen molar-refractivity contribution < 1.29 is 65.2 Å². The molecule has 6 aliphatic rings. The number of methoxy groups -OCH3 is 2. The lowest BCUT2D eigenvalue weighted by Crippen LogP contribution is -2.54. The monoisotopic (exact) mass is 1090 g/mol. The van der Waals surface area contributed by atoms with Crippen molar-refractivity contribution >= 4 is 89.3 Å². The van der Waals surface area contributed by atoms with Crippen LogP contribution in [0.3, 0.4) is 0 Å². The quantitative estimate of drug-likeness (QED) is 0.183. The average Bonchev–Trinajstić information content (AvgIpc) is 4.19. The molecule has 4 saturated heterocycles. The summed E-state index contributed by atoms with van der Waals surface area (Å²) in [4.78, 5) is 67.8. The number of amides is 4. The van der Waals surface area contributed by atoms with Crippen LogP contribution in [0, 0.1) is 11.8 Å². The maximum absolute atomic E-state index is 16.4. The number of aliphatic imine (C=N–C) groups is 1. The Morgan fingerprint density at radius 2 is 1.14 bits per heavy atom. The SMILES string of the molecule is COC(=O)N[C@H](C(=O)N1CC2(C[C@H]1C1=NC=C(c3ccc4c(c3)C(F)(F)C(F)(F)c3cc(-c5cnc([C@@H]6CC7(CN6C(=O)[C@@H](NC(=O)OC)C(C)C)OCCO7)[nH]5)ccc3-4)C1)OCCO2)C(C)C.S.S.S.S. The minimum absolute atomic E-state index is 0. The van der Waals surface area contributed by atoms with Crippen molar-refractivity contribution in [2.45, 2.75) is 94.5 Å². The van der Waals surface area contributed by atoms with E-state index in [0.717, 1.165) is 12.1 Å². The molecule has 4 fully saturated rings. The number of nitrogens with zero attached hydrogens (tertiary/aromatic N) is 4. The maximum atomic E-state index is 16.4. The van der Waals surface area contributed by atoms with Crippen molar-refractivity contribution in [2.75, 3.05) is 53.7 Å². The zero-order valence-electron chi connectivity index (χ0n) is 40.3. The Balaban J connectivity index is 0.00000241. The lowest BCUT2D eigenvalue weighted by Gasteiger charge is -2.35. The smallest absolute Gasteiger partial charge is 0.407 e. The van der Waals surface area contributed by atoms with Crippen LogP contribution in [0.2, 0.25) is 0 Å². The summed E-state index contributed by atoms with van der Waals surface area (Å²) in [6.45, 7) is 8.40. The molecular formula is C47H61F4N7O10S4. The van der Waals surface area contributed by atoms with Crippen molar-refractivity contribution in [3.05, 3.63) is 71.3 Å². The molecule has 6 heterocycles. The maximum Gasteiger partial charge on any atom is 0.407 e. The second-order valence-electron chi connectivity index (χ2n) is 18.6. The van der Waals surface area contributed by atoms with Crippen LogP contribution < -0.4 is 10.6 Å². The van der Waals surface area contributed by atoms with Crippen molar-refractivity contribution in [1.29, 1.82) is 0 Å². The van der Waals surface area contributed by atoms with Gasteiger partial charge in [-0.15, -0.1) is 0 Å². The van der Waals surface area contributed by atoms with Gasteiger partial charge in [0.1, 0.15) is 17.9 Å². The Hall–Kier alpha value is -4.50. The number of allylic oxidation sites excluding steroid dienone is 1. The lowest BCUT2D eigenvalue weighted by atomic mass is 9.78. The Labute approximate surface area is 441 Å². The third-order valence-electron chi connectivity index (χ3n) is 13.7. The third kappa shape index (κ3) is 10.3. The molecule has 0 unspecified atom stereocenters. The van der Waals surface area contributed by atoms with Crippen molar-refractivity contribution in [3.8, 4) is 22.4 Å². The predicted octanol–water partition coefficient (Wildman–Crippen LogP) is 6.70. The van der Waals surface area contributed by atoms with Gasteiger partial charge in [-0.1, -0.05) is 52.0 Å². The number of hydrogen-bond acceptors (Lipinski definition) is 12. The number of halogens is 4. The van der Waals surface area contributed by atoms with Gasteiger partial charge < -0.3 is 53.8 Å². The van der Waals surface area contributed by atoms with Gasteiger partial charge in [-0.05, 0) is 46.2 Å². The number of carbonyl (C=O) groups is 4. The van der Waals surface area contributed by atoms with E-state index in [9.17, 15) is 19.2 Å². The summed E-state index contributed by atoms with van der Waals surface area (Å²) in [6, 6.07) is 4.68. The lowest BCUT2D eigenvalue weighted by molar-refractivity contribution is -0.225. The first-order valence-corrected chi connectivity index (χ1v) is 22.5. The van der Waals surface area contributed by atoms with Crippen molar-refractivity contribution in [2.24, 2.45) is 16.8 Å². The molecule has 1 aliphatic carbocycles. The summed E-state index contributed by atoms with van der Waals surface area (Å²) in [7, 11) is 2.39. The molecule has 17 nitrogen and oxygen atoms in total. The third-order valence-corrected chi connectivity index (χ3v) is 13.7. The van der Waals surface area contributed by atoms with E-state index in [1.54, 1.807) is 38.7 Å². The Morgan fingerprint density at radius 1 is 0.694 bits per heavy atom. The van der Waals surface area contributed by atoms with Crippen LogP contribution in [0.1, 0.15) is 75.5 Å². The molecule has 0 saturated carbocycles. The fraction of sp³-hybridized carbons (Fsp3) is 0.532. The second kappa shape index (κ2) is 22.1. The highest BCUT2D eigenvalue weighted by Gasteiger charge is 2.63. The first-order chi connectivity index (χ1) is 32.3. The van der Waals surface area contributed by atoms with E-state index in [2.05, 4.69) is 25.6 Å². The van der Waals surface area contributed by atoms with E-state index < -0.39 is 82.7 Å². The van der Waals surface area contributed by atoms with Crippen LogP contribution in [0.4, 0.5) is 27.2 Å². The highest BCUT2D eigenvalue weighted by molar-refractivity contribution is 7.59. The van der Waals surface area contributed by atoms with Gasteiger partial charge >= 0.3 is 24.0 Å². The summed E-state index contributed by atoms with van der Waals surface area (Å²) in [5, 5.41) is 5.20. The van der Waals surface area contributed by atoms with Crippen LogP contribution in [-0.2, 0) is 49.9 Å². The Bertz CT molecular complexity index is 2590. The van der Waals surface area contributed by atoms with Crippen molar-refractivity contribution in [3.63, 3.8) is 0 Å². The van der Waals surface area contributed by atoms with Gasteiger partial charge in [0.25, 0.3) is 0 Å². The summed E-state index contributed by atoms with van der Waals surface area (Å²) in [5.74, 6) is -12.8. The molecular weight excluding hydrogens is 1030 g/mol. The van der Waals surface area contributed by atoms with E-state index in [-0.39, 0.29) is 132 Å². The van der Waals surface area contributed by atoms with E-state index in [0.29, 0.717) is 37.7 Å². The topological polar surface area (TPSA) is 195 Å². The number of rotatable bonds is 10. The van der Waals surface area contributed by atoms with E-state index in [4.69, 9.17) is 28.4 Å². The van der Waals surface area contributed by atoms with Gasteiger partial charge in [0.05, 0.1) is 77.7 Å². The van der Waals surface area contributed by atoms with Crippen LogP contribution in [0.15, 0.2) is 53.8 Å². The number of alkyl halides is 4. The molecule has 4 amide bonds. The fourth-order valence-electron chi connectivity index (χ4n) is 10.1. The zero-order valence-corrected chi connectivity index (χ0v) is 44.3. The second-order valence-corrected chi connectivity index (χ2v) is 18.6. The summed E-state index contributed by atoms with van der Waals surface area (Å²) in [6.07, 6.45) is 1.82. The number of benzene rings is 2. The normalized spacial score (nSPS) is 22.3. The first kappa shape index (κ1) is 58.4. The molecule has 2 aromatic carbocycles. The van der Waals surface area contributed by atoms with Gasteiger partial charge in [-0.3, -0.25) is 14.6 Å². The number of fused-ring (bicyclic) bond motifs is 3. The molecule has 72 heavy (non-hydrogen) atoms. The number of hydrogen-bond donors (Lipinski definition) is 3. The van der Waals surface area contributed by atoms with Gasteiger partial charge in [-0.2, -0.15) is 71.5 Å². The highest BCUT2D eigenvalue weighted by Crippen LogP contribution is 2.59. The molecule has 2 spiro atoms. The molecule has 4 atom stereocenters. The van der Waals surface area contributed by atoms with Crippen LogP contribution in [-0.4, -0.2) is 133 Å². The number of H-pyrrole nitrogens is 1. The molecule has 0 radical (unpaired) electrons. The first-order valence-electron chi connectivity index (χ1n) is 22.5. The van der Waals surface area contributed by atoms with Crippen LogP contribution in [0.25, 0.3) is 28.0 Å². The number of nitrogens with one attached hydrogen (secondary N) is 3. The Kier molecular flexibility index (Phi) is 18.0. The predicted molar refractivity (Wildman–Crippen MR) is 276 cm³/mol. The van der Waals surface area contributed by atoms with Gasteiger partial charge in [0.15, 0.2) is 11.6 Å². The molecule has 1 aromatic heterocycles. The molecule has 5 aliphatic heterocycles. The summed E-state index contributed by atoms with van der Waals surface area (Å²) < 4.78 is 99.0. The van der Waals surface area contributed by atoms with Gasteiger partial charge in [0.2, 0.25) is 11.8 Å². The average molecular weight is 1090 g/mol. The number of likely N-dealkylation sites (tertiary alicyclic amines) is 2. The molecule has 25 heteroatoms. The molecule has 3 aromatic rings. The number of imidazole rings is 1.